The van der Waals surface area contributed by atoms with Crippen LogP contribution in [0.4, 0.5) is 11.4 Å². The van der Waals surface area contributed by atoms with Crippen LogP contribution >= 0.6 is 23.1 Å². The number of ether oxygens (including phenoxy) is 1. The molecule has 3 aromatic carbocycles. The molecule has 2 N–H and O–H groups in total. The van der Waals surface area contributed by atoms with Gasteiger partial charge in [0.2, 0.25) is 5.91 Å². The molecule has 1 amide bonds. The number of carbonyl (C=O) groups is 1. The largest absolute Gasteiger partial charge is 0.495 e. The van der Waals surface area contributed by atoms with Crippen LogP contribution in [0.5, 0.6) is 5.75 Å². The van der Waals surface area contributed by atoms with E-state index in [4.69, 9.17) is 4.74 Å². The lowest BCUT2D eigenvalue weighted by atomic mass is 10.3. The molecular weight excluding hydrogens is 466 g/mol. The number of carbonyl (C=O) groups excluding carboxylic acids is 1. The van der Waals surface area contributed by atoms with E-state index in [9.17, 15) is 13.2 Å². The molecule has 0 saturated heterocycles. The molecule has 164 valence electrons. The lowest BCUT2D eigenvalue weighted by molar-refractivity contribution is -0.113. The van der Waals surface area contributed by atoms with Crippen molar-refractivity contribution < 1.29 is 17.9 Å². The SMILES string of the molecule is COc1ccccc1NS(=O)(=O)c1ccc(NC(=O)CSc2nc3ccccc3s2)cc1. The third-order valence-corrected chi connectivity index (χ3v) is 7.96. The number of aromatic nitrogens is 1. The number of anilines is 2. The van der Waals surface area contributed by atoms with Crippen molar-refractivity contribution in [3.8, 4) is 5.75 Å². The summed E-state index contributed by atoms with van der Waals surface area (Å²) in [5.41, 5.74) is 1.77. The van der Waals surface area contributed by atoms with Gasteiger partial charge in [0.05, 0.1) is 33.7 Å². The monoisotopic (exact) mass is 485 g/mol. The molecule has 0 radical (unpaired) electrons. The van der Waals surface area contributed by atoms with Gasteiger partial charge in [0, 0.05) is 5.69 Å². The number of nitrogens with one attached hydrogen (secondary N) is 2. The number of para-hydroxylation sites is 3. The molecule has 4 aromatic rings. The highest BCUT2D eigenvalue weighted by atomic mass is 32.2. The van der Waals surface area contributed by atoms with E-state index in [1.54, 1.807) is 47.7 Å². The number of fused-ring (bicyclic) bond motifs is 1. The lowest BCUT2D eigenvalue weighted by Gasteiger charge is -2.12. The molecule has 0 atom stereocenters. The van der Waals surface area contributed by atoms with Crippen molar-refractivity contribution in [1.29, 1.82) is 0 Å². The van der Waals surface area contributed by atoms with Crippen molar-refractivity contribution in [3.63, 3.8) is 0 Å². The van der Waals surface area contributed by atoms with E-state index >= 15 is 0 Å². The van der Waals surface area contributed by atoms with Gasteiger partial charge in [0.25, 0.3) is 10.0 Å². The number of thiazole rings is 1. The van der Waals surface area contributed by atoms with E-state index in [0.717, 1.165) is 14.6 Å². The number of thioether (sulfide) groups is 1. The Bertz CT molecular complexity index is 1320. The highest BCUT2D eigenvalue weighted by Gasteiger charge is 2.16. The van der Waals surface area contributed by atoms with E-state index in [1.165, 1.54) is 31.0 Å². The van der Waals surface area contributed by atoms with Crippen LogP contribution < -0.4 is 14.8 Å². The average Bonchev–Trinajstić information content (AvgIpc) is 3.21. The molecule has 0 aliphatic rings. The summed E-state index contributed by atoms with van der Waals surface area (Å²) in [5, 5.41) is 2.77. The second-order valence-electron chi connectivity index (χ2n) is 6.61. The van der Waals surface area contributed by atoms with Gasteiger partial charge in [0.15, 0.2) is 4.34 Å². The molecule has 32 heavy (non-hydrogen) atoms. The van der Waals surface area contributed by atoms with Crippen molar-refractivity contribution in [2.45, 2.75) is 9.24 Å². The lowest BCUT2D eigenvalue weighted by Crippen LogP contribution is -2.15. The summed E-state index contributed by atoms with van der Waals surface area (Å²) < 4.78 is 34.9. The maximum Gasteiger partial charge on any atom is 0.262 e. The third-order valence-electron chi connectivity index (χ3n) is 4.40. The maximum atomic E-state index is 12.7. The summed E-state index contributed by atoms with van der Waals surface area (Å²) in [6.07, 6.45) is 0. The van der Waals surface area contributed by atoms with Crippen LogP contribution in [0.25, 0.3) is 10.2 Å². The van der Waals surface area contributed by atoms with E-state index in [1.807, 2.05) is 24.3 Å². The van der Waals surface area contributed by atoms with Crippen LogP contribution in [0.1, 0.15) is 0 Å². The first kappa shape index (κ1) is 22.1. The summed E-state index contributed by atoms with van der Waals surface area (Å²) in [6, 6.07) is 20.6. The normalized spacial score (nSPS) is 11.3. The molecule has 0 unspecified atom stereocenters. The van der Waals surface area contributed by atoms with Gasteiger partial charge in [-0.05, 0) is 48.5 Å². The van der Waals surface area contributed by atoms with E-state index in [-0.39, 0.29) is 16.6 Å². The van der Waals surface area contributed by atoms with Crippen LogP contribution in [0.3, 0.4) is 0 Å². The van der Waals surface area contributed by atoms with Crippen molar-refractivity contribution in [3.05, 3.63) is 72.8 Å². The van der Waals surface area contributed by atoms with E-state index in [0.29, 0.717) is 17.1 Å². The first-order chi connectivity index (χ1) is 15.4. The fourth-order valence-electron chi connectivity index (χ4n) is 2.89. The Balaban J connectivity index is 1.36. The Morgan fingerprint density at radius 1 is 1.03 bits per heavy atom. The van der Waals surface area contributed by atoms with E-state index in [2.05, 4.69) is 15.0 Å². The van der Waals surface area contributed by atoms with Crippen LogP contribution in [0.2, 0.25) is 0 Å². The topological polar surface area (TPSA) is 97.4 Å². The Kier molecular flexibility index (Phi) is 6.63. The molecule has 7 nitrogen and oxygen atoms in total. The average molecular weight is 486 g/mol. The molecule has 0 saturated carbocycles. The number of benzene rings is 3. The molecule has 0 fully saturated rings. The summed E-state index contributed by atoms with van der Waals surface area (Å²) >= 11 is 2.91. The number of amides is 1. The second kappa shape index (κ2) is 9.60. The minimum Gasteiger partial charge on any atom is -0.495 e. The van der Waals surface area contributed by atoms with Gasteiger partial charge >= 0.3 is 0 Å². The summed E-state index contributed by atoms with van der Waals surface area (Å²) in [6.45, 7) is 0. The second-order valence-corrected chi connectivity index (χ2v) is 10.6. The standard InChI is InChI=1S/C22H19N3O4S3/c1-29-19-8-4-2-6-17(19)25-32(27,28)16-12-10-15(11-13-16)23-21(26)14-30-22-24-18-7-3-5-9-20(18)31-22/h2-13,25H,14H2,1H3,(H,23,26). The Labute approximate surface area is 193 Å². The number of hydrogen-bond donors (Lipinski definition) is 2. The molecular formula is C22H19N3O4S3. The van der Waals surface area contributed by atoms with Gasteiger partial charge in [-0.15, -0.1) is 11.3 Å². The van der Waals surface area contributed by atoms with Gasteiger partial charge < -0.3 is 10.1 Å². The summed E-state index contributed by atoms with van der Waals surface area (Å²) in [4.78, 5) is 16.9. The van der Waals surface area contributed by atoms with Gasteiger partial charge in [-0.1, -0.05) is 36.0 Å². The minimum atomic E-state index is -3.80. The molecule has 4 rings (SSSR count). The molecule has 0 aliphatic carbocycles. The van der Waals surface area contributed by atoms with Crippen molar-refractivity contribution in [1.82, 2.24) is 4.98 Å². The number of nitrogens with zero attached hydrogens (tertiary/aromatic N) is 1. The van der Waals surface area contributed by atoms with Crippen molar-refractivity contribution in [2.75, 3.05) is 22.9 Å². The van der Waals surface area contributed by atoms with Crippen LogP contribution in [-0.2, 0) is 14.8 Å². The Morgan fingerprint density at radius 2 is 1.75 bits per heavy atom. The van der Waals surface area contributed by atoms with Crippen molar-refractivity contribution >= 4 is 60.6 Å². The number of hydrogen-bond acceptors (Lipinski definition) is 7. The molecule has 1 heterocycles. The van der Waals surface area contributed by atoms with Crippen LogP contribution in [-0.4, -0.2) is 32.2 Å². The molecule has 0 spiro atoms. The number of rotatable bonds is 8. The highest BCUT2D eigenvalue weighted by molar-refractivity contribution is 8.01. The van der Waals surface area contributed by atoms with Crippen LogP contribution in [0, 0.1) is 0 Å². The molecule has 0 aliphatic heterocycles. The minimum absolute atomic E-state index is 0.0743. The number of methoxy groups -OCH3 is 1. The fraction of sp³-hybridized carbons (Fsp3) is 0.0909. The van der Waals surface area contributed by atoms with Gasteiger partial charge in [-0.3, -0.25) is 9.52 Å². The van der Waals surface area contributed by atoms with E-state index < -0.39 is 10.0 Å². The first-order valence-corrected chi connectivity index (χ1v) is 12.8. The zero-order valence-electron chi connectivity index (χ0n) is 16.9. The highest BCUT2D eigenvalue weighted by Crippen LogP contribution is 2.29. The smallest absolute Gasteiger partial charge is 0.262 e. The summed E-state index contributed by atoms with van der Waals surface area (Å²) in [7, 11) is -2.33. The molecule has 1 aromatic heterocycles. The Morgan fingerprint density at radius 3 is 2.50 bits per heavy atom. The maximum absolute atomic E-state index is 12.7. The zero-order chi connectivity index (χ0) is 22.6. The third kappa shape index (κ3) is 5.21. The molecule has 10 heteroatoms. The zero-order valence-corrected chi connectivity index (χ0v) is 19.4. The summed E-state index contributed by atoms with van der Waals surface area (Å²) in [5.74, 6) is 0.428. The first-order valence-electron chi connectivity index (χ1n) is 9.49. The van der Waals surface area contributed by atoms with Gasteiger partial charge in [-0.2, -0.15) is 0 Å². The fourth-order valence-corrected chi connectivity index (χ4v) is 5.83. The predicted octanol–water partition coefficient (Wildman–Crippen LogP) is 4.84. The van der Waals surface area contributed by atoms with Gasteiger partial charge in [-0.25, -0.2) is 13.4 Å². The Hall–Kier alpha value is -3.08. The van der Waals surface area contributed by atoms with Crippen LogP contribution in [0.15, 0.2) is 82.0 Å². The number of sulfonamides is 1. The molecule has 0 bridgehead atoms. The quantitative estimate of drug-likeness (QED) is 0.347. The predicted molar refractivity (Wildman–Crippen MR) is 129 cm³/mol. The van der Waals surface area contributed by atoms with Crippen molar-refractivity contribution in [2.24, 2.45) is 0 Å². The van der Waals surface area contributed by atoms with Gasteiger partial charge in [0.1, 0.15) is 5.75 Å².